The fraction of sp³-hybridized carbons (Fsp3) is 0.200. The number of hydrogen-bond donors (Lipinski definition) is 0. The van der Waals surface area contributed by atoms with Gasteiger partial charge in [0.15, 0.2) is 13.2 Å². The molecule has 11 nitrogen and oxygen atoms in total. The van der Waals surface area contributed by atoms with Crippen molar-refractivity contribution in [2.24, 2.45) is 0 Å². The average molecular weight is 729 g/mol. The number of rotatable bonds is 12. The van der Waals surface area contributed by atoms with E-state index >= 15 is 0 Å². The van der Waals surface area contributed by atoms with Crippen LogP contribution in [0.4, 0.5) is 0 Å². The fourth-order valence-electron chi connectivity index (χ4n) is 4.38. The molecule has 0 N–H and O–H groups in total. The molecule has 0 radical (unpaired) electrons. The second-order valence-corrected chi connectivity index (χ2v) is 13.9. The lowest BCUT2D eigenvalue weighted by Crippen LogP contribution is -2.46. The highest BCUT2D eigenvalue weighted by atomic mass is 35.5. The third-order valence-corrected chi connectivity index (χ3v) is 8.72. The molecule has 0 aliphatic carbocycles. The highest BCUT2D eigenvalue weighted by Crippen LogP contribution is 2.29. The number of amides is 2. The molecular formula is C30H21Cl4NO10S. The molecule has 1 atom stereocenters. The van der Waals surface area contributed by atoms with E-state index in [1.54, 1.807) is 0 Å². The number of Topliss-reactive ketones (excluding diaryl/α,β-unsaturated/α-hetero) is 2. The number of nitrogens with zero attached hydrogens (tertiary/aromatic N) is 1. The zero-order chi connectivity index (χ0) is 33.9. The standard InChI is InChI=1S/C30H21Cl4NO10S/c1-46(42,43)9-8-24(30(41)45-14-26(37)20-7-4-17(32)12-23(20)34)35-27(38)18-5-2-15(10-21(18)28(35)39)29(40)44-13-25(36)19-6-3-16(31)11-22(19)33/h2-7,10-12,24H,8-9,13-14H2,1H3/t24-/m0/s1. The van der Waals surface area contributed by atoms with E-state index in [-0.39, 0.29) is 42.9 Å². The van der Waals surface area contributed by atoms with Gasteiger partial charge in [0.05, 0.1) is 32.5 Å². The smallest absolute Gasteiger partial charge is 0.338 e. The van der Waals surface area contributed by atoms with Crippen LogP contribution in [0.25, 0.3) is 0 Å². The van der Waals surface area contributed by atoms with Crippen molar-refractivity contribution in [3.8, 4) is 0 Å². The van der Waals surface area contributed by atoms with Crippen molar-refractivity contribution in [1.29, 1.82) is 0 Å². The number of hydrogen-bond acceptors (Lipinski definition) is 10. The number of halogens is 4. The third kappa shape index (κ3) is 8.12. The summed E-state index contributed by atoms with van der Waals surface area (Å²) in [6.45, 7) is -1.54. The molecule has 0 fully saturated rings. The molecule has 0 saturated carbocycles. The van der Waals surface area contributed by atoms with Gasteiger partial charge in [-0.1, -0.05) is 46.4 Å². The molecule has 2 amide bonds. The topological polar surface area (TPSA) is 158 Å². The van der Waals surface area contributed by atoms with Crippen LogP contribution in [0, 0.1) is 0 Å². The summed E-state index contributed by atoms with van der Waals surface area (Å²) in [7, 11) is -3.68. The van der Waals surface area contributed by atoms with Gasteiger partial charge in [0.2, 0.25) is 11.6 Å². The number of esters is 2. The first-order valence-corrected chi connectivity index (χ1v) is 16.6. The summed E-state index contributed by atoms with van der Waals surface area (Å²) in [5.74, 6) is -6.18. The Hall–Kier alpha value is -3.81. The lowest BCUT2D eigenvalue weighted by Gasteiger charge is -2.24. The molecule has 1 aliphatic heterocycles. The molecule has 0 saturated heterocycles. The van der Waals surface area contributed by atoms with Gasteiger partial charge < -0.3 is 9.47 Å². The van der Waals surface area contributed by atoms with Gasteiger partial charge in [0.1, 0.15) is 15.9 Å². The van der Waals surface area contributed by atoms with Crippen molar-refractivity contribution < 1.29 is 46.7 Å². The Kier molecular flexibility index (Phi) is 10.9. The van der Waals surface area contributed by atoms with Gasteiger partial charge in [0.25, 0.3) is 11.8 Å². The largest absolute Gasteiger partial charge is 0.456 e. The first kappa shape index (κ1) is 35.1. The fourth-order valence-corrected chi connectivity index (χ4v) is 6.06. The van der Waals surface area contributed by atoms with Gasteiger partial charge in [0, 0.05) is 27.4 Å². The number of carbonyl (C=O) groups is 6. The maximum absolute atomic E-state index is 13.4. The van der Waals surface area contributed by atoms with Gasteiger partial charge in [-0.25, -0.2) is 18.0 Å². The molecular weight excluding hydrogens is 708 g/mol. The Bertz CT molecular complexity index is 1910. The van der Waals surface area contributed by atoms with E-state index in [4.69, 9.17) is 55.9 Å². The summed E-state index contributed by atoms with van der Waals surface area (Å²) in [4.78, 5) is 78.2. The van der Waals surface area contributed by atoms with Crippen molar-refractivity contribution in [1.82, 2.24) is 4.90 Å². The Morgan fingerprint density at radius 3 is 1.78 bits per heavy atom. The molecule has 3 aromatic carbocycles. The van der Waals surface area contributed by atoms with Crippen LogP contribution >= 0.6 is 46.4 Å². The van der Waals surface area contributed by atoms with Crippen molar-refractivity contribution >= 4 is 91.6 Å². The minimum absolute atomic E-state index is 0.00463. The monoisotopic (exact) mass is 727 g/mol. The number of imide groups is 1. The Morgan fingerprint density at radius 2 is 1.26 bits per heavy atom. The molecule has 240 valence electrons. The summed E-state index contributed by atoms with van der Waals surface area (Å²) in [6.07, 6.45) is 0.358. The molecule has 0 aromatic heterocycles. The number of benzene rings is 3. The van der Waals surface area contributed by atoms with Crippen molar-refractivity contribution in [2.45, 2.75) is 12.5 Å². The quantitative estimate of drug-likeness (QED) is 0.138. The lowest BCUT2D eigenvalue weighted by atomic mass is 10.1. The maximum atomic E-state index is 13.4. The Morgan fingerprint density at radius 1 is 0.739 bits per heavy atom. The molecule has 46 heavy (non-hydrogen) atoms. The summed E-state index contributed by atoms with van der Waals surface area (Å²) in [5.41, 5.74) is -0.615. The van der Waals surface area contributed by atoms with E-state index in [1.165, 1.54) is 42.5 Å². The van der Waals surface area contributed by atoms with Crippen LogP contribution in [0.3, 0.4) is 0 Å². The zero-order valence-corrected chi connectivity index (χ0v) is 27.4. The summed E-state index contributed by atoms with van der Waals surface area (Å²) >= 11 is 23.7. The maximum Gasteiger partial charge on any atom is 0.338 e. The summed E-state index contributed by atoms with van der Waals surface area (Å²) < 4.78 is 34.0. The Labute approximate surface area is 282 Å². The molecule has 3 aromatic rings. The van der Waals surface area contributed by atoms with Gasteiger partial charge in [-0.05, 0) is 61.0 Å². The van der Waals surface area contributed by atoms with Gasteiger partial charge in [-0.2, -0.15) is 0 Å². The number of carbonyl (C=O) groups excluding carboxylic acids is 6. The molecule has 4 rings (SSSR count). The Balaban J connectivity index is 1.51. The first-order valence-electron chi connectivity index (χ1n) is 13.1. The van der Waals surface area contributed by atoms with Crippen LogP contribution in [0.5, 0.6) is 0 Å². The van der Waals surface area contributed by atoms with Gasteiger partial charge >= 0.3 is 11.9 Å². The normalized spacial score (nSPS) is 13.3. The van der Waals surface area contributed by atoms with E-state index < -0.39 is 76.6 Å². The van der Waals surface area contributed by atoms with Crippen LogP contribution in [-0.2, 0) is 24.1 Å². The lowest BCUT2D eigenvalue weighted by molar-refractivity contribution is -0.147. The molecule has 0 spiro atoms. The highest BCUT2D eigenvalue weighted by molar-refractivity contribution is 7.90. The summed E-state index contributed by atoms with van der Waals surface area (Å²) in [6, 6.07) is 9.79. The molecule has 1 heterocycles. The van der Waals surface area contributed by atoms with Crippen molar-refractivity contribution in [2.75, 3.05) is 25.2 Å². The van der Waals surface area contributed by atoms with Crippen LogP contribution in [0.15, 0.2) is 54.6 Å². The van der Waals surface area contributed by atoms with Crippen LogP contribution in [-0.4, -0.2) is 79.9 Å². The predicted molar refractivity (Wildman–Crippen MR) is 168 cm³/mol. The van der Waals surface area contributed by atoms with E-state index in [2.05, 4.69) is 0 Å². The van der Waals surface area contributed by atoms with Crippen molar-refractivity contribution in [3.63, 3.8) is 0 Å². The number of fused-ring (bicyclic) bond motifs is 1. The van der Waals surface area contributed by atoms with E-state index in [1.807, 2.05) is 0 Å². The third-order valence-electron chi connectivity index (χ3n) is 6.64. The van der Waals surface area contributed by atoms with E-state index in [0.29, 0.717) is 9.92 Å². The zero-order valence-electron chi connectivity index (χ0n) is 23.6. The number of ether oxygens (including phenoxy) is 2. The first-order chi connectivity index (χ1) is 21.6. The minimum Gasteiger partial charge on any atom is -0.456 e. The number of sulfone groups is 1. The second kappa shape index (κ2) is 14.3. The molecule has 1 aliphatic rings. The molecule has 0 unspecified atom stereocenters. The van der Waals surface area contributed by atoms with Gasteiger partial charge in [-0.3, -0.25) is 24.1 Å². The van der Waals surface area contributed by atoms with Gasteiger partial charge in [-0.15, -0.1) is 0 Å². The molecule has 16 heteroatoms. The van der Waals surface area contributed by atoms with E-state index in [9.17, 15) is 37.2 Å². The highest BCUT2D eigenvalue weighted by Gasteiger charge is 2.44. The SMILES string of the molecule is CS(=O)(=O)CC[C@@H](C(=O)OCC(=O)c1ccc(Cl)cc1Cl)N1C(=O)c2ccc(C(=O)OCC(=O)c3ccc(Cl)cc3Cl)cc2C1=O. The van der Waals surface area contributed by atoms with Crippen LogP contribution in [0.1, 0.15) is 58.2 Å². The predicted octanol–water partition coefficient (Wildman–Crippen LogP) is 5.17. The molecule has 0 bridgehead atoms. The minimum atomic E-state index is -3.68. The van der Waals surface area contributed by atoms with Crippen LogP contribution < -0.4 is 0 Å². The van der Waals surface area contributed by atoms with Crippen LogP contribution in [0.2, 0.25) is 20.1 Å². The van der Waals surface area contributed by atoms with Crippen molar-refractivity contribution in [3.05, 3.63) is 103 Å². The summed E-state index contributed by atoms with van der Waals surface area (Å²) in [5, 5.41) is 0.609. The van der Waals surface area contributed by atoms with E-state index in [0.717, 1.165) is 18.4 Å². The number of ketones is 2. The second-order valence-electron chi connectivity index (χ2n) is 9.95. The average Bonchev–Trinajstić information content (AvgIpc) is 3.22.